The van der Waals surface area contributed by atoms with E-state index in [1.165, 1.54) is 20.2 Å². The monoisotopic (exact) mass is 271 g/mol. The maximum absolute atomic E-state index is 11.2. The van der Waals surface area contributed by atoms with Gasteiger partial charge < -0.3 is 0 Å². The number of hydrazone groups is 1. The number of hydrogen-bond acceptors (Lipinski definition) is 6. The molecular weight excluding hydrogens is 258 g/mol. The van der Waals surface area contributed by atoms with E-state index in [2.05, 4.69) is 20.6 Å². The fourth-order valence-corrected chi connectivity index (χ4v) is 1.56. The van der Waals surface area contributed by atoms with Crippen LogP contribution in [0.4, 0.5) is 5.69 Å². The summed E-state index contributed by atoms with van der Waals surface area (Å²) in [7, 11) is 0. The van der Waals surface area contributed by atoms with Crippen LogP contribution in [0.3, 0.4) is 0 Å². The Hall–Kier alpha value is -2.83. The van der Waals surface area contributed by atoms with Gasteiger partial charge in [0.25, 0.3) is 0 Å². The summed E-state index contributed by atoms with van der Waals surface area (Å²) < 4.78 is 1.61. The molecule has 2 rings (SSSR count). The second-order valence-electron chi connectivity index (χ2n) is 4.07. The lowest BCUT2D eigenvalue weighted by atomic mass is 10.2. The van der Waals surface area contributed by atoms with Gasteiger partial charge in [0, 0.05) is 13.8 Å². The second-order valence-corrected chi connectivity index (χ2v) is 4.07. The van der Waals surface area contributed by atoms with Gasteiger partial charge in [0.2, 0.25) is 0 Å². The number of nitrogens with zero attached hydrogens (tertiary/aromatic N) is 4. The van der Waals surface area contributed by atoms with E-state index in [-0.39, 0.29) is 17.3 Å². The van der Waals surface area contributed by atoms with Crippen molar-refractivity contribution in [3.8, 4) is 5.69 Å². The molecule has 0 spiro atoms. The van der Waals surface area contributed by atoms with Gasteiger partial charge in [0.05, 0.1) is 11.4 Å². The molecule has 7 nitrogen and oxygen atoms in total. The molecule has 0 aliphatic carbocycles. The summed E-state index contributed by atoms with van der Waals surface area (Å²) in [5.74, 6) is -0.742. The number of nitrogens with one attached hydrogen (secondary N) is 1. The van der Waals surface area contributed by atoms with E-state index in [0.29, 0.717) is 5.69 Å². The fourth-order valence-electron chi connectivity index (χ4n) is 1.56. The highest BCUT2D eigenvalue weighted by Gasteiger charge is 2.11. The predicted molar refractivity (Wildman–Crippen MR) is 73.8 cm³/mol. The maximum Gasteiger partial charge on any atom is 0.183 e. The molecule has 2 aromatic rings. The number of carbonyl (C=O) groups excluding carboxylic acids is 2. The van der Waals surface area contributed by atoms with E-state index in [4.69, 9.17) is 0 Å². The van der Waals surface area contributed by atoms with Crippen molar-refractivity contribution in [3.05, 3.63) is 36.9 Å². The van der Waals surface area contributed by atoms with Gasteiger partial charge in [0.15, 0.2) is 17.3 Å². The molecule has 0 fully saturated rings. The molecule has 1 N–H and O–H groups in total. The minimum atomic E-state index is -0.371. The molecule has 0 radical (unpaired) electrons. The molecule has 0 saturated heterocycles. The molecule has 0 saturated carbocycles. The van der Waals surface area contributed by atoms with Gasteiger partial charge in [-0.1, -0.05) is 0 Å². The summed E-state index contributed by atoms with van der Waals surface area (Å²) in [6.45, 7) is 2.60. The number of hydrogen-bond donors (Lipinski definition) is 1. The largest absolute Gasteiger partial charge is 0.293 e. The van der Waals surface area contributed by atoms with Crippen LogP contribution in [-0.2, 0) is 9.59 Å². The summed E-state index contributed by atoms with van der Waals surface area (Å²) in [5, 5.41) is 7.82. The summed E-state index contributed by atoms with van der Waals surface area (Å²) in [6, 6.07) is 7.15. The van der Waals surface area contributed by atoms with Crippen molar-refractivity contribution >= 4 is 23.0 Å². The second kappa shape index (κ2) is 5.87. The Balaban J connectivity index is 2.13. The molecule has 102 valence electrons. The van der Waals surface area contributed by atoms with E-state index in [9.17, 15) is 9.59 Å². The Labute approximate surface area is 115 Å². The summed E-state index contributed by atoms with van der Waals surface area (Å²) in [4.78, 5) is 26.3. The number of carbonyl (C=O) groups is 2. The van der Waals surface area contributed by atoms with Crippen LogP contribution in [0.2, 0.25) is 0 Å². The van der Waals surface area contributed by atoms with Crippen LogP contribution in [0.5, 0.6) is 0 Å². The van der Waals surface area contributed by atoms with Crippen LogP contribution in [0.1, 0.15) is 13.8 Å². The van der Waals surface area contributed by atoms with Crippen molar-refractivity contribution in [1.29, 1.82) is 0 Å². The zero-order valence-electron chi connectivity index (χ0n) is 11.1. The lowest BCUT2D eigenvalue weighted by Gasteiger charge is -2.04. The van der Waals surface area contributed by atoms with Gasteiger partial charge >= 0.3 is 0 Å². The molecule has 0 unspecified atom stereocenters. The van der Waals surface area contributed by atoms with Gasteiger partial charge in [-0.15, -0.1) is 0 Å². The molecule has 0 amide bonds. The third-order valence-electron chi connectivity index (χ3n) is 2.51. The highest BCUT2D eigenvalue weighted by Crippen LogP contribution is 2.12. The minimum absolute atomic E-state index is 0.106. The zero-order valence-corrected chi connectivity index (χ0v) is 11.1. The standard InChI is InChI=1S/C13H13N5O2/c1-9(19)13(10(2)20)17-16-11-3-5-12(6-4-11)18-8-14-7-15-18/h3-8,16H,1-2H3. The molecule has 0 atom stereocenters. The van der Waals surface area contributed by atoms with Crippen molar-refractivity contribution in [2.24, 2.45) is 5.10 Å². The van der Waals surface area contributed by atoms with E-state index < -0.39 is 0 Å². The lowest BCUT2D eigenvalue weighted by Crippen LogP contribution is -2.20. The number of anilines is 1. The summed E-state index contributed by atoms with van der Waals surface area (Å²) >= 11 is 0. The van der Waals surface area contributed by atoms with Crippen molar-refractivity contribution in [3.63, 3.8) is 0 Å². The Bertz CT molecular complexity index is 628. The van der Waals surface area contributed by atoms with E-state index >= 15 is 0 Å². The number of Topliss-reactive ketones (excluding diaryl/α,β-unsaturated/α-hetero) is 2. The average molecular weight is 271 g/mol. The zero-order chi connectivity index (χ0) is 14.5. The Kier molecular flexibility index (Phi) is 3.99. The topological polar surface area (TPSA) is 89.2 Å². The number of aromatic nitrogens is 3. The van der Waals surface area contributed by atoms with Crippen molar-refractivity contribution in [2.45, 2.75) is 13.8 Å². The van der Waals surface area contributed by atoms with E-state index in [1.54, 1.807) is 23.1 Å². The highest BCUT2D eigenvalue weighted by molar-refractivity contribution is 6.65. The molecule has 7 heteroatoms. The molecular formula is C13H13N5O2. The van der Waals surface area contributed by atoms with Crippen LogP contribution in [0.25, 0.3) is 5.69 Å². The number of benzene rings is 1. The van der Waals surface area contributed by atoms with Gasteiger partial charge in [-0.2, -0.15) is 10.2 Å². The van der Waals surface area contributed by atoms with Crippen LogP contribution >= 0.6 is 0 Å². The molecule has 0 aliphatic heterocycles. The molecule has 0 aliphatic rings. The van der Waals surface area contributed by atoms with Crippen molar-refractivity contribution < 1.29 is 9.59 Å². The quantitative estimate of drug-likeness (QED) is 0.501. The van der Waals surface area contributed by atoms with Crippen LogP contribution in [-0.4, -0.2) is 32.0 Å². The molecule has 20 heavy (non-hydrogen) atoms. The first-order valence-electron chi connectivity index (χ1n) is 5.88. The van der Waals surface area contributed by atoms with E-state index in [1.807, 2.05) is 12.1 Å². The first-order chi connectivity index (χ1) is 9.58. The molecule has 1 aromatic carbocycles. The lowest BCUT2D eigenvalue weighted by molar-refractivity contribution is -0.114. The Morgan fingerprint density at radius 1 is 1.15 bits per heavy atom. The Morgan fingerprint density at radius 2 is 1.80 bits per heavy atom. The van der Waals surface area contributed by atoms with Crippen molar-refractivity contribution in [2.75, 3.05) is 5.43 Å². The first kappa shape index (κ1) is 13.6. The Morgan fingerprint density at radius 3 is 2.30 bits per heavy atom. The third kappa shape index (κ3) is 3.14. The summed E-state index contributed by atoms with van der Waals surface area (Å²) in [5.41, 5.74) is 4.08. The van der Waals surface area contributed by atoms with E-state index in [0.717, 1.165) is 5.69 Å². The first-order valence-corrected chi connectivity index (χ1v) is 5.88. The normalized spacial score (nSPS) is 9.90. The predicted octanol–water partition coefficient (Wildman–Crippen LogP) is 1.21. The average Bonchev–Trinajstić information content (AvgIpc) is 2.92. The SMILES string of the molecule is CC(=O)C(=NNc1ccc(-n2cncn2)cc1)C(C)=O. The van der Waals surface area contributed by atoms with Gasteiger partial charge in [-0.25, -0.2) is 9.67 Å². The molecule has 1 aromatic heterocycles. The summed E-state index contributed by atoms with van der Waals surface area (Å²) in [6.07, 6.45) is 3.03. The van der Waals surface area contributed by atoms with Crippen LogP contribution in [0, 0.1) is 0 Å². The van der Waals surface area contributed by atoms with Crippen molar-refractivity contribution in [1.82, 2.24) is 14.8 Å². The molecule has 1 heterocycles. The minimum Gasteiger partial charge on any atom is -0.293 e. The highest BCUT2D eigenvalue weighted by atomic mass is 16.1. The van der Waals surface area contributed by atoms with Crippen LogP contribution in [0.15, 0.2) is 42.0 Å². The van der Waals surface area contributed by atoms with Crippen LogP contribution < -0.4 is 5.43 Å². The van der Waals surface area contributed by atoms with Gasteiger partial charge in [-0.05, 0) is 24.3 Å². The van der Waals surface area contributed by atoms with Gasteiger partial charge in [0.1, 0.15) is 12.7 Å². The smallest absolute Gasteiger partial charge is 0.183 e. The maximum atomic E-state index is 11.2. The molecule has 0 bridgehead atoms. The van der Waals surface area contributed by atoms with Gasteiger partial charge in [-0.3, -0.25) is 15.0 Å². The fraction of sp³-hybridized carbons (Fsp3) is 0.154. The number of rotatable bonds is 5. The third-order valence-corrected chi connectivity index (χ3v) is 2.51. The number of ketones is 2.